The largest absolute Gasteiger partial charge is 0.468 e. The van der Waals surface area contributed by atoms with Crippen LogP contribution in [0.25, 0.3) is 0 Å². The van der Waals surface area contributed by atoms with Crippen molar-refractivity contribution in [3.8, 4) is 0 Å². The standard InChI is InChI=1S/C11H15NO4S.ClH/c1-16-11(13)8-17(14,15)7-10-4-2-9(6-12)3-5-10;/h2-5H,6-8,12H2,1H3;1H. The number of carbonyl (C=O) groups excluding carboxylic acids is 1. The first-order valence-corrected chi connectivity index (χ1v) is 6.84. The van der Waals surface area contributed by atoms with Gasteiger partial charge in [-0.2, -0.15) is 0 Å². The number of ether oxygens (including phenoxy) is 1. The van der Waals surface area contributed by atoms with E-state index in [1.165, 1.54) is 0 Å². The monoisotopic (exact) mass is 293 g/mol. The molecule has 2 N–H and O–H groups in total. The Morgan fingerprint density at radius 1 is 1.22 bits per heavy atom. The Labute approximate surface area is 113 Å². The van der Waals surface area contributed by atoms with E-state index in [9.17, 15) is 13.2 Å². The zero-order valence-corrected chi connectivity index (χ0v) is 11.6. The maximum Gasteiger partial charge on any atom is 0.320 e. The van der Waals surface area contributed by atoms with Crippen molar-refractivity contribution in [2.24, 2.45) is 5.73 Å². The van der Waals surface area contributed by atoms with Crippen molar-refractivity contribution in [1.29, 1.82) is 0 Å². The minimum Gasteiger partial charge on any atom is -0.468 e. The van der Waals surface area contributed by atoms with Crippen LogP contribution in [-0.4, -0.2) is 27.2 Å². The molecule has 0 aromatic heterocycles. The molecule has 0 aliphatic carbocycles. The molecule has 1 aromatic carbocycles. The predicted molar refractivity (Wildman–Crippen MR) is 71.1 cm³/mol. The number of esters is 1. The van der Waals surface area contributed by atoms with Gasteiger partial charge in [-0.25, -0.2) is 8.42 Å². The zero-order chi connectivity index (χ0) is 12.9. The van der Waals surface area contributed by atoms with E-state index in [1.807, 2.05) is 0 Å². The van der Waals surface area contributed by atoms with Crippen LogP contribution < -0.4 is 5.73 Å². The van der Waals surface area contributed by atoms with E-state index >= 15 is 0 Å². The van der Waals surface area contributed by atoms with Crippen molar-refractivity contribution in [2.75, 3.05) is 12.9 Å². The minimum atomic E-state index is -3.47. The third kappa shape index (κ3) is 5.48. The van der Waals surface area contributed by atoms with Gasteiger partial charge in [0, 0.05) is 6.54 Å². The first-order valence-electron chi connectivity index (χ1n) is 5.02. The first-order chi connectivity index (χ1) is 7.96. The number of rotatable bonds is 5. The molecule has 1 rings (SSSR count). The Balaban J connectivity index is 0.00000289. The molecule has 18 heavy (non-hydrogen) atoms. The molecule has 5 nitrogen and oxygen atoms in total. The summed E-state index contributed by atoms with van der Waals surface area (Å²) in [5, 5.41) is 0. The highest BCUT2D eigenvalue weighted by Crippen LogP contribution is 2.09. The summed E-state index contributed by atoms with van der Waals surface area (Å²) in [6.45, 7) is 0.412. The van der Waals surface area contributed by atoms with Crippen LogP contribution in [-0.2, 0) is 31.7 Å². The van der Waals surface area contributed by atoms with E-state index in [-0.39, 0.29) is 18.2 Å². The van der Waals surface area contributed by atoms with Crippen LogP contribution >= 0.6 is 12.4 Å². The van der Waals surface area contributed by atoms with Gasteiger partial charge in [0.2, 0.25) is 0 Å². The summed E-state index contributed by atoms with van der Waals surface area (Å²) >= 11 is 0. The average Bonchev–Trinajstić information content (AvgIpc) is 2.28. The molecule has 0 saturated carbocycles. The Kier molecular flexibility index (Phi) is 6.90. The zero-order valence-electron chi connectivity index (χ0n) is 9.96. The second-order valence-electron chi connectivity index (χ2n) is 3.63. The van der Waals surface area contributed by atoms with Gasteiger partial charge in [0.25, 0.3) is 0 Å². The fourth-order valence-electron chi connectivity index (χ4n) is 1.32. The van der Waals surface area contributed by atoms with Gasteiger partial charge in [-0.3, -0.25) is 4.79 Å². The average molecular weight is 294 g/mol. The third-order valence-electron chi connectivity index (χ3n) is 2.21. The molecule has 0 fully saturated rings. The van der Waals surface area contributed by atoms with Gasteiger partial charge in [0.05, 0.1) is 12.9 Å². The van der Waals surface area contributed by atoms with E-state index in [1.54, 1.807) is 24.3 Å². The Morgan fingerprint density at radius 3 is 2.17 bits per heavy atom. The number of benzene rings is 1. The van der Waals surface area contributed by atoms with Crippen LogP contribution in [0, 0.1) is 0 Å². The van der Waals surface area contributed by atoms with Crippen molar-refractivity contribution in [3.63, 3.8) is 0 Å². The fraction of sp³-hybridized carbons (Fsp3) is 0.364. The Morgan fingerprint density at radius 2 is 1.72 bits per heavy atom. The number of sulfone groups is 1. The molecule has 0 amide bonds. The molecule has 0 heterocycles. The second-order valence-corrected chi connectivity index (χ2v) is 5.69. The summed E-state index contributed by atoms with van der Waals surface area (Å²) < 4.78 is 27.5. The highest BCUT2D eigenvalue weighted by molar-refractivity contribution is 7.91. The smallest absolute Gasteiger partial charge is 0.320 e. The molecule has 0 radical (unpaired) electrons. The molecular formula is C11H16ClNO4S. The van der Waals surface area contributed by atoms with Crippen LogP contribution in [0.15, 0.2) is 24.3 Å². The number of nitrogens with two attached hydrogens (primary N) is 1. The lowest BCUT2D eigenvalue weighted by molar-refractivity contribution is -0.137. The van der Waals surface area contributed by atoms with Crippen molar-refractivity contribution in [2.45, 2.75) is 12.3 Å². The van der Waals surface area contributed by atoms with E-state index < -0.39 is 21.6 Å². The Hall–Kier alpha value is -1.11. The van der Waals surface area contributed by atoms with E-state index in [0.29, 0.717) is 12.1 Å². The molecule has 102 valence electrons. The summed E-state index contributed by atoms with van der Waals surface area (Å²) in [7, 11) is -2.31. The van der Waals surface area contributed by atoms with E-state index in [2.05, 4.69) is 4.74 Å². The molecule has 1 aromatic rings. The summed E-state index contributed by atoms with van der Waals surface area (Å²) in [6.07, 6.45) is 0. The van der Waals surface area contributed by atoms with Crippen LogP contribution in [0.2, 0.25) is 0 Å². The summed E-state index contributed by atoms with van der Waals surface area (Å²) in [6, 6.07) is 6.92. The molecular weight excluding hydrogens is 278 g/mol. The van der Waals surface area contributed by atoms with Gasteiger partial charge in [-0.1, -0.05) is 24.3 Å². The van der Waals surface area contributed by atoms with Crippen molar-refractivity contribution in [1.82, 2.24) is 0 Å². The number of hydrogen-bond donors (Lipinski definition) is 1. The number of halogens is 1. The lowest BCUT2D eigenvalue weighted by Crippen LogP contribution is -2.18. The summed E-state index contributed by atoms with van der Waals surface area (Å²) in [4.78, 5) is 10.9. The predicted octanol–water partition coefficient (Wildman–Crippen LogP) is 0.655. The van der Waals surface area contributed by atoms with Crippen molar-refractivity contribution >= 4 is 28.2 Å². The first kappa shape index (κ1) is 16.9. The van der Waals surface area contributed by atoms with Gasteiger partial charge in [-0.15, -0.1) is 12.4 Å². The SMILES string of the molecule is COC(=O)CS(=O)(=O)Cc1ccc(CN)cc1.Cl. The lowest BCUT2D eigenvalue weighted by Gasteiger charge is -2.04. The molecule has 0 aliphatic rings. The molecule has 0 spiro atoms. The maximum absolute atomic E-state index is 11.6. The molecule has 7 heteroatoms. The van der Waals surface area contributed by atoms with Crippen LogP contribution in [0.5, 0.6) is 0 Å². The second kappa shape index (κ2) is 7.35. The highest BCUT2D eigenvalue weighted by Gasteiger charge is 2.17. The number of hydrogen-bond acceptors (Lipinski definition) is 5. The topological polar surface area (TPSA) is 86.5 Å². The van der Waals surface area contributed by atoms with Gasteiger partial charge in [0.1, 0.15) is 5.75 Å². The molecule has 0 aliphatic heterocycles. The lowest BCUT2D eigenvalue weighted by atomic mass is 10.1. The molecule has 0 unspecified atom stereocenters. The van der Waals surface area contributed by atoms with Crippen molar-refractivity contribution in [3.05, 3.63) is 35.4 Å². The molecule has 0 bridgehead atoms. The summed E-state index contributed by atoms with van der Waals surface area (Å²) in [5.74, 6) is -1.52. The van der Waals surface area contributed by atoms with E-state index in [4.69, 9.17) is 5.73 Å². The van der Waals surface area contributed by atoms with Crippen LogP contribution in [0.3, 0.4) is 0 Å². The van der Waals surface area contributed by atoms with Crippen molar-refractivity contribution < 1.29 is 17.9 Å². The quantitative estimate of drug-likeness (QED) is 0.806. The van der Waals surface area contributed by atoms with E-state index in [0.717, 1.165) is 12.7 Å². The normalized spacial score (nSPS) is 10.6. The highest BCUT2D eigenvalue weighted by atomic mass is 35.5. The van der Waals surface area contributed by atoms with Gasteiger partial charge >= 0.3 is 5.97 Å². The van der Waals surface area contributed by atoms with Gasteiger partial charge in [-0.05, 0) is 11.1 Å². The van der Waals surface area contributed by atoms with Gasteiger partial charge < -0.3 is 10.5 Å². The Bertz CT molecular complexity index is 484. The summed E-state index contributed by atoms with van der Waals surface area (Å²) in [5.41, 5.74) is 6.99. The minimum absolute atomic E-state index is 0. The van der Waals surface area contributed by atoms with Crippen LogP contribution in [0.4, 0.5) is 0 Å². The number of methoxy groups -OCH3 is 1. The van der Waals surface area contributed by atoms with Crippen LogP contribution in [0.1, 0.15) is 11.1 Å². The molecule has 0 saturated heterocycles. The maximum atomic E-state index is 11.6. The third-order valence-corrected chi connectivity index (χ3v) is 3.66. The molecule has 0 atom stereocenters. The fourth-order valence-corrected chi connectivity index (χ4v) is 2.59. The number of carbonyl (C=O) groups is 1. The van der Waals surface area contributed by atoms with Gasteiger partial charge in [0.15, 0.2) is 9.84 Å².